The minimum atomic E-state index is -0.790. The van der Waals surface area contributed by atoms with Crippen molar-refractivity contribution in [3.63, 3.8) is 0 Å². The largest absolute Gasteiger partial charge is 0.503 e. The lowest BCUT2D eigenvalue weighted by atomic mass is 9.74. The molecule has 0 aliphatic carbocycles. The van der Waals surface area contributed by atoms with Gasteiger partial charge >= 0.3 is 6.03 Å². The highest BCUT2D eigenvalue weighted by molar-refractivity contribution is 7.22. The number of aromatic nitrogens is 1. The summed E-state index contributed by atoms with van der Waals surface area (Å²) in [4.78, 5) is 21.7. The minimum Gasteiger partial charge on any atom is -0.503 e. The Morgan fingerprint density at radius 2 is 1.86 bits per heavy atom. The fraction of sp³-hybridized carbons (Fsp3) is 0.355. The average molecular weight is 612 g/mol. The van der Waals surface area contributed by atoms with Crippen LogP contribution in [0.1, 0.15) is 39.2 Å². The summed E-state index contributed by atoms with van der Waals surface area (Å²) in [5, 5.41) is 17.3. The van der Waals surface area contributed by atoms with E-state index in [0.29, 0.717) is 44.0 Å². The molecule has 0 atom stereocenters. The van der Waals surface area contributed by atoms with Crippen LogP contribution in [0.3, 0.4) is 0 Å². The molecule has 0 saturated carbocycles. The summed E-state index contributed by atoms with van der Waals surface area (Å²) in [6.07, 6.45) is 1.59. The van der Waals surface area contributed by atoms with Crippen LogP contribution in [0.4, 0.5) is 35.8 Å². The SMILES string of the molecule is CC(C)(C)CN1CCC2(CC1)CN(c1ccccc1NC(=O)Nc1nc3ccc(F)cc3s1)c1c(O)c(F)cc(Cl)c12. The van der Waals surface area contributed by atoms with Crippen LogP contribution in [0, 0.1) is 17.0 Å². The number of hydrogen-bond donors (Lipinski definition) is 3. The van der Waals surface area contributed by atoms with Gasteiger partial charge in [-0.05, 0) is 67.7 Å². The van der Waals surface area contributed by atoms with E-state index in [0.717, 1.165) is 38.0 Å². The van der Waals surface area contributed by atoms with Gasteiger partial charge in [-0.2, -0.15) is 0 Å². The number of para-hydroxylation sites is 2. The molecule has 1 aromatic heterocycles. The maximum absolute atomic E-state index is 14.9. The zero-order valence-corrected chi connectivity index (χ0v) is 25.2. The molecule has 11 heteroatoms. The highest BCUT2D eigenvalue weighted by Gasteiger charge is 2.49. The molecule has 2 aliphatic rings. The molecule has 1 fully saturated rings. The molecule has 0 unspecified atom stereocenters. The number of halogens is 3. The lowest BCUT2D eigenvalue weighted by Gasteiger charge is -2.42. The third kappa shape index (κ3) is 5.39. The number of fused-ring (bicyclic) bond motifs is 3. The molecule has 2 aliphatic heterocycles. The normalized spacial score (nSPS) is 16.7. The molecule has 4 aromatic rings. The van der Waals surface area contributed by atoms with Crippen LogP contribution >= 0.6 is 22.9 Å². The second kappa shape index (κ2) is 10.7. The number of phenols is 1. The summed E-state index contributed by atoms with van der Waals surface area (Å²) in [6, 6.07) is 12.1. The molecular weight excluding hydrogens is 580 g/mol. The lowest BCUT2D eigenvalue weighted by molar-refractivity contribution is 0.125. The van der Waals surface area contributed by atoms with Crippen LogP contribution in [0.25, 0.3) is 10.2 Å². The number of benzene rings is 3. The topological polar surface area (TPSA) is 80.7 Å². The van der Waals surface area contributed by atoms with E-state index >= 15 is 0 Å². The van der Waals surface area contributed by atoms with Crippen molar-refractivity contribution in [2.24, 2.45) is 5.41 Å². The van der Waals surface area contributed by atoms with Crippen molar-refractivity contribution < 1.29 is 18.7 Å². The summed E-state index contributed by atoms with van der Waals surface area (Å²) >= 11 is 7.89. The summed E-state index contributed by atoms with van der Waals surface area (Å²) in [5.74, 6) is -1.62. The van der Waals surface area contributed by atoms with Crippen LogP contribution in [0.5, 0.6) is 5.75 Å². The number of likely N-dealkylation sites (tertiary alicyclic amines) is 1. The molecule has 0 radical (unpaired) electrons. The van der Waals surface area contributed by atoms with E-state index < -0.39 is 23.0 Å². The van der Waals surface area contributed by atoms with E-state index in [4.69, 9.17) is 11.6 Å². The van der Waals surface area contributed by atoms with Gasteiger partial charge in [0.05, 0.1) is 27.3 Å². The van der Waals surface area contributed by atoms with Gasteiger partial charge in [0, 0.05) is 29.1 Å². The summed E-state index contributed by atoms with van der Waals surface area (Å²) in [7, 11) is 0. The number of urea groups is 1. The van der Waals surface area contributed by atoms with Gasteiger partial charge in [-0.3, -0.25) is 5.32 Å². The lowest BCUT2D eigenvalue weighted by Crippen LogP contribution is -2.47. The van der Waals surface area contributed by atoms with Crippen molar-refractivity contribution in [3.05, 3.63) is 70.8 Å². The van der Waals surface area contributed by atoms with E-state index in [1.165, 1.54) is 29.5 Å². The van der Waals surface area contributed by atoms with Crippen LogP contribution in [-0.4, -0.2) is 47.2 Å². The van der Waals surface area contributed by atoms with Gasteiger partial charge in [-0.1, -0.05) is 55.8 Å². The molecule has 220 valence electrons. The molecule has 3 heterocycles. The predicted molar refractivity (Wildman–Crippen MR) is 166 cm³/mol. The van der Waals surface area contributed by atoms with Gasteiger partial charge in [0.25, 0.3) is 0 Å². The zero-order chi connectivity index (χ0) is 29.8. The standard InChI is InChI=1S/C31H32ClF2N5O2S/c1-30(2,3)16-38-12-10-31(11-13-38)17-39(26-25(31)19(32)15-20(34)27(26)40)23-7-5-4-6-21(23)35-28(41)37-29-36-22-9-8-18(33)14-24(22)42-29/h4-9,14-15,40H,10-13,16-17H2,1-3H3,(H2,35,36,37,41). The van der Waals surface area contributed by atoms with E-state index in [9.17, 15) is 18.7 Å². The maximum atomic E-state index is 14.9. The first-order chi connectivity index (χ1) is 19.9. The van der Waals surface area contributed by atoms with Crippen molar-refractivity contribution in [2.45, 2.75) is 39.0 Å². The Hall–Kier alpha value is -3.47. The van der Waals surface area contributed by atoms with Crippen LogP contribution in [-0.2, 0) is 5.41 Å². The third-order valence-corrected chi connectivity index (χ3v) is 9.20. The fourth-order valence-electron chi connectivity index (χ4n) is 6.27. The number of nitrogens with zero attached hydrogens (tertiary/aromatic N) is 3. The quantitative estimate of drug-likeness (QED) is 0.217. The van der Waals surface area contributed by atoms with Crippen molar-refractivity contribution >= 4 is 61.4 Å². The Balaban J connectivity index is 1.30. The van der Waals surface area contributed by atoms with E-state index in [-0.39, 0.29) is 11.2 Å². The van der Waals surface area contributed by atoms with Crippen molar-refractivity contribution in [1.29, 1.82) is 0 Å². The summed E-state index contributed by atoms with van der Waals surface area (Å²) in [6.45, 7) is 9.82. The number of hydrogen-bond acceptors (Lipinski definition) is 6. The van der Waals surface area contributed by atoms with E-state index in [1.54, 1.807) is 18.2 Å². The van der Waals surface area contributed by atoms with Gasteiger partial charge < -0.3 is 20.2 Å². The molecule has 42 heavy (non-hydrogen) atoms. The Morgan fingerprint density at radius 1 is 1.12 bits per heavy atom. The van der Waals surface area contributed by atoms with Gasteiger partial charge in [-0.25, -0.2) is 18.6 Å². The first-order valence-corrected chi connectivity index (χ1v) is 15.1. The predicted octanol–water partition coefficient (Wildman–Crippen LogP) is 8.11. The number of rotatable bonds is 4. The highest BCUT2D eigenvalue weighted by Crippen LogP contribution is 2.57. The Bertz CT molecular complexity index is 1680. The Morgan fingerprint density at radius 3 is 2.60 bits per heavy atom. The molecule has 3 N–H and O–H groups in total. The summed E-state index contributed by atoms with van der Waals surface area (Å²) < 4.78 is 29.1. The number of carbonyl (C=O) groups excluding carboxylic acids is 1. The van der Waals surface area contributed by atoms with Crippen molar-refractivity contribution in [3.8, 4) is 5.75 Å². The molecule has 1 saturated heterocycles. The summed E-state index contributed by atoms with van der Waals surface area (Å²) in [5.41, 5.74) is 2.51. The number of piperidine rings is 1. The van der Waals surface area contributed by atoms with Crippen molar-refractivity contribution in [2.75, 3.05) is 41.7 Å². The molecule has 2 amide bonds. The Labute approximate surface area is 252 Å². The third-order valence-electron chi connectivity index (χ3n) is 7.97. The fourth-order valence-corrected chi connectivity index (χ4v) is 7.54. The van der Waals surface area contributed by atoms with E-state index in [2.05, 4.69) is 41.3 Å². The maximum Gasteiger partial charge on any atom is 0.325 e. The van der Waals surface area contributed by atoms with Crippen LogP contribution < -0.4 is 15.5 Å². The number of anilines is 4. The smallest absolute Gasteiger partial charge is 0.325 e. The van der Waals surface area contributed by atoms with Crippen molar-refractivity contribution in [1.82, 2.24) is 9.88 Å². The first kappa shape index (κ1) is 28.6. The van der Waals surface area contributed by atoms with Gasteiger partial charge in [0.15, 0.2) is 16.7 Å². The second-order valence-corrected chi connectivity index (χ2v) is 13.8. The Kier molecular flexibility index (Phi) is 7.27. The highest BCUT2D eigenvalue weighted by atomic mass is 35.5. The molecule has 6 rings (SSSR count). The molecule has 1 spiro atoms. The molecule has 7 nitrogen and oxygen atoms in total. The molecule has 3 aromatic carbocycles. The van der Waals surface area contributed by atoms with Gasteiger partial charge in [0.2, 0.25) is 0 Å². The number of phenolic OH excluding ortho intramolecular Hbond substituents is 1. The van der Waals surface area contributed by atoms with Crippen LogP contribution in [0.2, 0.25) is 5.02 Å². The number of carbonyl (C=O) groups is 1. The second-order valence-electron chi connectivity index (χ2n) is 12.3. The molecule has 0 bridgehead atoms. The van der Waals surface area contributed by atoms with E-state index in [1.807, 2.05) is 17.0 Å². The van der Waals surface area contributed by atoms with Crippen LogP contribution in [0.15, 0.2) is 48.5 Å². The number of amides is 2. The average Bonchev–Trinajstić information content (AvgIpc) is 3.46. The first-order valence-electron chi connectivity index (χ1n) is 13.9. The zero-order valence-electron chi connectivity index (χ0n) is 23.6. The van der Waals surface area contributed by atoms with Gasteiger partial charge in [-0.15, -0.1) is 0 Å². The molecular formula is C31H32ClF2N5O2S. The number of thiazole rings is 1. The monoisotopic (exact) mass is 611 g/mol. The number of nitrogens with one attached hydrogen (secondary N) is 2. The number of aromatic hydroxyl groups is 1. The van der Waals surface area contributed by atoms with Gasteiger partial charge in [0.1, 0.15) is 5.82 Å². The minimum absolute atomic E-state index is 0.163.